The maximum atomic E-state index is 13.3. The number of aromatic nitrogens is 2. The van der Waals surface area contributed by atoms with Crippen LogP contribution in [0.3, 0.4) is 0 Å². The number of nitrogens with one attached hydrogen (secondary N) is 3. The Morgan fingerprint density at radius 2 is 1.67 bits per heavy atom. The molecule has 1 amide bonds. The van der Waals surface area contributed by atoms with Crippen molar-refractivity contribution in [3.63, 3.8) is 0 Å². The van der Waals surface area contributed by atoms with E-state index in [9.17, 15) is 14.3 Å². The largest absolute Gasteiger partial charge is 0.390 e. The lowest BCUT2D eigenvalue weighted by Gasteiger charge is -2.41. The van der Waals surface area contributed by atoms with Gasteiger partial charge in [0.1, 0.15) is 18.0 Å². The molecule has 7 nitrogen and oxygen atoms in total. The zero-order valence-corrected chi connectivity index (χ0v) is 27.3. The highest BCUT2D eigenvalue weighted by molar-refractivity contribution is 5.73. The van der Waals surface area contributed by atoms with Gasteiger partial charge in [-0.15, -0.1) is 0 Å². The molecule has 3 aromatic carbocycles. The average molecular weight is 624 g/mol. The minimum Gasteiger partial charge on any atom is -0.390 e. The molecule has 1 aromatic heterocycles. The summed E-state index contributed by atoms with van der Waals surface area (Å²) in [4.78, 5) is 20.8. The molecular weight excluding hydrogens is 577 g/mol. The van der Waals surface area contributed by atoms with Gasteiger partial charge in [0, 0.05) is 36.3 Å². The summed E-state index contributed by atoms with van der Waals surface area (Å²) < 4.78 is 13.3. The Morgan fingerprint density at radius 3 is 2.35 bits per heavy atom. The Bertz CT molecular complexity index is 1590. The number of aliphatic hydroxyl groups is 1. The van der Waals surface area contributed by atoms with Crippen LogP contribution >= 0.6 is 0 Å². The summed E-state index contributed by atoms with van der Waals surface area (Å²) in [6.45, 7) is 8.56. The van der Waals surface area contributed by atoms with Gasteiger partial charge in [0.15, 0.2) is 0 Å². The smallest absolute Gasteiger partial charge is 0.217 e. The van der Waals surface area contributed by atoms with Crippen molar-refractivity contribution < 1.29 is 14.3 Å². The number of hydrogen-bond donors (Lipinski definition) is 4. The minimum absolute atomic E-state index is 0.0503. The summed E-state index contributed by atoms with van der Waals surface area (Å²) in [5.74, 6) is 0.147. The number of rotatable bonds is 11. The fourth-order valence-corrected chi connectivity index (χ4v) is 6.32. The van der Waals surface area contributed by atoms with Crippen LogP contribution in [-0.4, -0.2) is 39.7 Å². The van der Waals surface area contributed by atoms with Gasteiger partial charge in [0.2, 0.25) is 5.91 Å². The zero-order chi connectivity index (χ0) is 32.7. The van der Waals surface area contributed by atoms with E-state index in [-0.39, 0.29) is 22.7 Å². The molecule has 1 fully saturated rings. The van der Waals surface area contributed by atoms with Crippen molar-refractivity contribution in [3.8, 4) is 11.3 Å². The molecule has 1 heterocycles. The Morgan fingerprint density at radius 1 is 0.957 bits per heavy atom. The van der Waals surface area contributed by atoms with E-state index in [1.165, 1.54) is 42.9 Å². The van der Waals surface area contributed by atoms with E-state index >= 15 is 0 Å². The van der Waals surface area contributed by atoms with Crippen molar-refractivity contribution in [2.24, 2.45) is 0 Å². The summed E-state index contributed by atoms with van der Waals surface area (Å²) in [5.41, 5.74) is 5.74. The molecule has 0 radical (unpaired) electrons. The number of amides is 1. The molecule has 4 aromatic rings. The summed E-state index contributed by atoms with van der Waals surface area (Å²) in [6, 6.07) is 24.3. The average Bonchev–Trinajstić information content (AvgIpc) is 3.04. The molecule has 0 unspecified atom stereocenters. The van der Waals surface area contributed by atoms with Crippen LogP contribution in [0.1, 0.15) is 76.5 Å². The van der Waals surface area contributed by atoms with Crippen molar-refractivity contribution in [1.29, 1.82) is 0 Å². The first-order chi connectivity index (χ1) is 22.0. The Hall–Kier alpha value is -4.14. The first kappa shape index (κ1) is 33.2. The van der Waals surface area contributed by atoms with Gasteiger partial charge in [0.25, 0.3) is 0 Å². The van der Waals surface area contributed by atoms with Gasteiger partial charge in [-0.2, -0.15) is 0 Å². The standard InChI is InChI=1S/C38H46FN5O2/c1-26(45)43-34(35(46)24-42-38(19-6-5-7-20-38)30-10-8-9-29(22-30)37(2,3)4)21-27-11-17-32(18-12-27)44-36-23-33(40-25-41-36)28-13-15-31(39)16-14-28/h8-18,22-23,25,34-35,42,46H,5-7,19-21,24H2,1-4H3,(H,43,45)(H,40,41,44)/t34-,35+/m0/s1. The van der Waals surface area contributed by atoms with Crippen LogP contribution < -0.4 is 16.0 Å². The van der Waals surface area contributed by atoms with Gasteiger partial charge in [-0.25, -0.2) is 14.4 Å². The molecule has 46 heavy (non-hydrogen) atoms. The van der Waals surface area contributed by atoms with E-state index in [0.717, 1.165) is 42.5 Å². The number of hydrogen-bond acceptors (Lipinski definition) is 6. The molecule has 1 saturated carbocycles. The zero-order valence-electron chi connectivity index (χ0n) is 27.3. The highest BCUT2D eigenvalue weighted by Gasteiger charge is 2.35. The van der Waals surface area contributed by atoms with Crippen LogP contribution in [-0.2, 0) is 22.2 Å². The molecule has 5 rings (SSSR count). The van der Waals surface area contributed by atoms with Crippen LogP contribution in [0.5, 0.6) is 0 Å². The molecule has 0 spiro atoms. The summed E-state index contributed by atoms with van der Waals surface area (Å²) >= 11 is 0. The van der Waals surface area contributed by atoms with Gasteiger partial charge in [-0.05, 0) is 77.8 Å². The second-order valence-electron chi connectivity index (χ2n) is 13.6. The van der Waals surface area contributed by atoms with E-state index in [0.29, 0.717) is 24.5 Å². The number of aliphatic hydroxyl groups excluding tert-OH is 1. The molecule has 1 aliphatic carbocycles. The Balaban J connectivity index is 1.26. The van der Waals surface area contributed by atoms with Crippen molar-refractivity contribution in [2.45, 2.75) is 89.3 Å². The minimum atomic E-state index is -0.780. The second-order valence-corrected chi connectivity index (χ2v) is 13.6. The third-order valence-electron chi connectivity index (χ3n) is 8.98. The summed E-state index contributed by atoms with van der Waals surface area (Å²) in [5, 5.41) is 21.5. The van der Waals surface area contributed by atoms with Gasteiger partial charge in [0.05, 0.1) is 17.8 Å². The van der Waals surface area contributed by atoms with E-state index in [1.54, 1.807) is 12.1 Å². The monoisotopic (exact) mass is 623 g/mol. The fourth-order valence-electron chi connectivity index (χ4n) is 6.32. The van der Waals surface area contributed by atoms with Crippen LogP contribution in [0.4, 0.5) is 15.9 Å². The first-order valence-corrected chi connectivity index (χ1v) is 16.3. The van der Waals surface area contributed by atoms with E-state index in [1.807, 2.05) is 30.3 Å². The first-order valence-electron chi connectivity index (χ1n) is 16.3. The molecule has 2 atom stereocenters. The molecule has 0 saturated heterocycles. The maximum absolute atomic E-state index is 13.3. The predicted octanol–water partition coefficient (Wildman–Crippen LogP) is 7.18. The van der Waals surface area contributed by atoms with Crippen LogP contribution in [0.25, 0.3) is 11.3 Å². The van der Waals surface area contributed by atoms with E-state index in [2.05, 4.69) is 71.0 Å². The number of carbonyl (C=O) groups is 1. The summed E-state index contributed by atoms with van der Waals surface area (Å²) in [7, 11) is 0. The number of anilines is 2. The van der Waals surface area contributed by atoms with Crippen molar-refractivity contribution >= 4 is 17.4 Å². The highest BCUT2D eigenvalue weighted by atomic mass is 19.1. The lowest BCUT2D eigenvalue weighted by Crippen LogP contribution is -2.53. The van der Waals surface area contributed by atoms with E-state index < -0.39 is 12.1 Å². The Labute approximate surface area is 272 Å². The Kier molecular flexibility index (Phi) is 10.5. The number of halogens is 1. The number of carbonyl (C=O) groups excluding carboxylic acids is 1. The molecule has 8 heteroatoms. The highest BCUT2D eigenvalue weighted by Crippen LogP contribution is 2.38. The summed E-state index contributed by atoms with van der Waals surface area (Å²) in [6.07, 6.45) is 6.71. The van der Waals surface area contributed by atoms with Crippen molar-refractivity contribution in [3.05, 3.63) is 108 Å². The quantitative estimate of drug-likeness (QED) is 0.141. The lowest BCUT2D eigenvalue weighted by atomic mass is 9.74. The number of nitrogens with zero attached hydrogens (tertiary/aromatic N) is 2. The SMILES string of the molecule is CC(=O)N[C@@H](Cc1ccc(Nc2cc(-c3ccc(F)cc3)ncn2)cc1)[C@H](O)CNC1(c2cccc(C(C)(C)C)c2)CCCCC1. The van der Waals surface area contributed by atoms with Gasteiger partial charge in [-0.3, -0.25) is 4.79 Å². The second kappa shape index (κ2) is 14.5. The maximum Gasteiger partial charge on any atom is 0.217 e. The molecule has 1 aliphatic rings. The lowest BCUT2D eigenvalue weighted by molar-refractivity contribution is -0.120. The van der Waals surface area contributed by atoms with Gasteiger partial charge in [-0.1, -0.05) is 76.4 Å². The fraction of sp³-hybridized carbons (Fsp3) is 0.395. The molecule has 0 aliphatic heterocycles. The van der Waals surface area contributed by atoms with Crippen molar-refractivity contribution in [1.82, 2.24) is 20.6 Å². The predicted molar refractivity (Wildman–Crippen MR) is 182 cm³/mol. The van der Waals surface area contributed by atoms with Gasteiger partial charge >= 0.3 is 0 Å². The molecule has 4 N–H and O–H groups in total. The molecule has 0 bridgehead atoms. The van der Waals surface area contributed by atoms with Crippen molar-refractivity contribution in [2.75, 3.05) is 11.9 Å². The van der Waals surface area contributed by atoms with E-state index in [4.69, 9.17) is 0 Å². The molecule has 242 valence electrons. The number of benzene rings is 3. The van der Waals surface area contributed by atoms with Crippen LogP contribution in [0, 0.1) is 5.82 Å². The third-order valence-corrected chi connectivity index (χ3v) is 8.98. The van der Waals surface area contributed by atoms with Crippen LogP contribution in [0.2, 0.25) is 0 Å². The normalized spacial score (nSPS) is 16.0. The molecular formula is C38H46FN5O2. The van der Waals surface area contributed by atoms with Gasteiger partial charge < -0.3 is 21.1 Å². The topological polar surface area (TPSA) is 99.2 Å². The third kappa shape index (κ3) is 8.56. The van der Waals surface area contributed by atoms with Crippen LogP contribution in [0.15, 0.2) is 85.2 Å².